The quantitative estimate of drug-likeness (QED) is 0.307. The predicted molar refractivity (Wildman–Crippen MR) is 80.7 cm³/mol. The Balaban J connectivity index is 2.51. The van der Waals surface area contributed by atoms with E-state index in [9.17, 15) is 23.3 Å². The van der Waals surface area contributed by atoms with E-state index >= 15 is 0 Å². The minimum atomic E-state index is -4.62. The number of rotatable bonds is 3. The van der Waals surface area contributed by atoms with E-state index in [4.69, 9.17) is 0 Å². The number of nitro groups is 1. The second-order valence-corrected chi connectivity index (χ2v) is 5.04. The van der Waals surface area contributed by atoms with Crippen LogP contribution in [0.25, 0.3) is 0 Å². The van der Waals surface area contributed by atoms with Gasteiger partial charge in [-0.25, -0.2) is 0 Å². The third kappa shape index (κ3) is 3.43. The van der Waals surface area contributed by atoms with Gasteiger partial charge in [-0.05, 0) is 24.3 Å². The first-order valence-corrected chi connectivity index (χ1v) is 6.64. The van der Waals surface area contributed by atoms with Gasteiger partial charge in [-0.1, -0.05) is 18.2 Å². The SMILES string of the molecule is O=[N+]([O-])c1cc(C(F)(F)F)ccc1N(I)c1ccccc1. The third-order valence-corrected chi connectivity index (χ3v) is 3.77. The minimum absolute atomic E-state index is 0.0831. The summed E-state index contributed by atoms with van der Waals surface area (Å²) in [5.74, 6) is 0. The van der Waals surface area contributed by atoms with Gasteiger partial charge in [0.15, 0.2) is 0 Å². The van der Waals surface area contributed by atoms with Gasteiger partial charge >= 0.3 is 6.18 Å². The summed E-state index contributed by atoms with van der Waals surface area (Å²) >= 11 is 1.81. The van der Waals surface area contributed by atoms with Gasteiger partial charge in [-0.15, -0.1) is 0 Å². The Morgan fingerprint density at radius 3 is 2.24 bits per heavy atom. The highest BCUT2D eigenvalue weighted by Gasteiger charge is 2.33. The Labute approximate surface area is 131 Å². The maximum absolute atomic E-state index is 12.6. The van der Waals surface area contributed by atoms with Crippen molar-refractivity contribution in [3.63, 3.8) is 0 Å². The summed E-state index contributed by atoms with van der Waals surface area (Å²) in [6.45, 7) is 0. The smallest absolute Gasteiger partial charge is 0.276 e. The summed E-state index contributed by atoms with van der Waals surface area (Å²) in [4.78, 5) is 10.2. The first-order chi connectivity index (χ1) is 9.80. The largest absolute Gasteiger partial charge is 0.416 e. The molecule has 0 atom stereocenters. The van der Waals surface area contributed by atoms with E-state index in [-0.39, 0.29) is 5.69 Å². The molecule has 2 aromatic carbocycles. The minimum Gasteiger partial charge on any atom is -0.276 e. The summed E-state index contributed by atoms with van der Waals surface area (Å²) in [6.07, 6.45) is -4.62. The van der Waals surface area contributed by atoms with Crippen LogP contribution in [0.4, 0.5) is 30.2 Å². The number of nitro benzene ring substituents is 1. The molecule has 0 radical (unpaired) electrons. The van der Waals surface area contributed by atoms with Crippen molar-refractivity contribution in [1.29, 1.82) is 0 Å². The van der Waals surface area contributed by atoms with Crippen LogP contribution in [0.5, 0.6) is 0 Å². The van der Waals surface area contributed by atoms with Crippen molar-refractivity contribution >= 4 is 39.9 Å². The van der Waals surface area contributed by atoms with Crippen molar-refractivity contribution < 1.29 is 18.1 Å². The number of halogens is 4. The fraction of sp³-hybridized carbons (Fsp3) is 0.0769. The van der Waals surface area contributed by atoms with Gasteiger partial charge in [-0.3, -0.25) is 13.2 Å². The van der Waals surface area contributed by atoms with Crippen LogP contribution in [0.3, 0.4) is 0 Å². The summed E-state index contributed by atoms with van der Waals surface area (Å²) in [6, 6.07) is 11.1. The van der Waals surface area contributed by atoms with Crippen LogP contribution in [0.15, 0.2) is 48.5 Å². The molecule has 0 bridgehead atoms. The van der Waals surface area contributed by atoms with Crippen molar-refractivity contribution in [3.8, 4) is 0 Å². The third-order valence-electron chi connectivity index (χ3n) is 2.69. The molecular weight excluding hydrogens is 400 g/mol. The van der Waals surface area contributed by atoms with Crippen LogP contribution < -0.4 is 3.11 Å². The average molecular weight is 408 g/mol. The lowest BCUT2D eigenvalue weighted by atomic mass is 10.1. The first kappa shape index (κ1) is 15.5. The highest BCUT2D eigenvalue weighted by molar-refractivity contribution is 14.1. The molecule has 8 heteroatoms. The second kappa shape index (κ2) is 5.88. The maximum Gasteiger partial charge on any atom is 0.416 e. The van der Waals surface area contributed by atoms with E-state index in [1.807, 2.05) is 22.9 Å². The van der Waals surface area contributed by atoms with Gasteiger partial charge in [0, 0.05) is 6.07 Å². The van der Waals surface area contributed by atoms with E-state index in [0.717, 1.165) is 12.1 Å². The molecule has 0 saturated heterocycles. The fourth-order valence-corrected chi connectivity index (χ4v) is 2.44. The van der Waals surface area contributed by atoms with Gasteiger partial charge in [0.1, 0.15) is 5.69 Å². The molecule has 2 rings (SSSR count). The molecule has 0 aromatic heterocycles. The van der Waals surface area contributed by atoms with Crippen LogP contribution >= 0.6 is 22.9 Å². The zero-order valence-electron chi connectivity index (χ0n) is 10.3. The van der Waals surface area contributed by atoms with Gasteiger partial charge in [0.2, 0.25) is 0 Å². The molecule has 0 spiro atoms. The molecule has 0 N–H and O–H groups in total. The maximum atomic E-state index is 12.6. The molecule has 21 heavy (non-hydrogen) atoms. The summed E-state index contributed by atoms with van der Waals surface area (Å²) in [7, 11) is 0. The Morgan fingerprint density at radius 1 is 1.10 bits per heavy atom. The number of para-hydroxylation sites is 1. The second-order valence-electron chi connectivity index (χ2n) is 4.07. The van der Waals surface area contributed by atoms with Crippen molar-refractivity contribution in [3.05, 3.63) is 64.2 Å². The van der Waals surface area contributed by atoms with E-state index in [1.54, 1.807) is 30.3 Å². The number of hydrogen-bond acceptors (Lipinski definition) is 3. The molecule has 0 heterocycles. The lowest BCUT2D eigenvalue weighted by molar-refractivity contribution is -0.384. The number of alkyl halides is 3. The molecule has 110 valence electrons. The zero-order valence-corrected chi connectivity index (χ0v) is 12.5. The molecular formula is C13H8F3IN2O2. The molecule has 0 unspecified atom stereocenters. The summed E-state index contributed by atoms with van der Waals surface area (Å²) in [5.41, 5.74) is -0.931. The Kier molecular flexibility index (Phi) is 4.35. The van der Waals surface area contributed by atoms with Crippen LogP contribution in [0.2, 0.25) is 0 Å². The Bertz CT molecular complexity index is 662. The monoisotopic (exact) mass is 408 g/mol. The van der Waals surface area contributed by atoms with E-state index < -0.39 is 22.4 Å². The fourth-order valence-electron chi connectivity index (χ4n) is 1.71. The molecule has 0 aliphatic heterocycles. The molecule has 0 saturated carbocycles. The number of benzene rings is 2. The molecule has 0 amide bonds. The lowest BCUT2D eigenvalue weighted by Gasteiger charge is -2.17. The lowest BCUT2D eigenvalue weighted by Crippen LogP contribution is -2.09. The van der Waals surface area contributed by atoms with Crippen molar-refractivity contribution in [2.24, 2.45) is 0 Å². The normalized spacial score (nSPS) is 11.2. The van der Waals surface area contributed by atoms with Gasteiger partial charge < -0.3 is 0 Å². The van der Waals surface area contributed by atoms with Crippen molar-refractivity contribution in [2.75, 3.05) is 3.11 Å². The van der Waals surface area contributed by atoms with E-state index in [0.29, 0.717) is 11.8 Å². The van der Waals surface area contributed by atoms with Gasteiger partial charge in [0.05, 0.1) is 39.0 Å². The first-order valence-electron chi connectivity index (χ1n) is 5.67. The standard InChI is InChI=1S/C13H8F3IN2O2/c14-13(15,16)9-6-7-11(12(8-9)19(20)21)18(17)10-4-2-1-3-5-10/h1-8H. The Morgan fingerprint density at radius 2 is 1.71 bits per heavy atom. The Hall–Kier alpha value is -1.84. The highest BCUT2D eigenvalue weighted by atomic mass is 127. The van der Waals surface area contributed by atoms with E-state index in [2.05, 4.69) is 0 Å². The molecule has 0 aliphatic rings. The van der Waals surface area contributed by atoms with Gasteiger partial charge in [0.25, 0.3) is 5.69 Å². The predicted octanol–water partition coefficient (Wildman–Crippen LogP) is 5.10. The molecule has 0 aliphatic carbocycles. The number of hydrogen-bond donors (Lipinski definition) is 0. The van der Waals surface area contributed by atoms with Crippen LogP contribution in [0.1, 0.15) is 5.56 Å². The van der Waals surface area contributed by atoms with Gasteiger partial charge in [-0.2, -0.15) is 13.2 Å². The average Bonchev–Trinajstić information content (AvgIpc) is 2.45. The summed E-state index contributed by atoms with van der Waals surface area (Å²) in [5, 5.41) is 11.0. The molecule has 4 nitrogen and oxygen atoms in total. The van der Waals surface area contributed by atoms with E-state index in [1.165, 1.54) is 3.11 Å². The molecule has 0 fully saturated rings. The number of anilines is 2. The number of nitrogens with zero attached hydrogens (tertiary/aromatic N) is 2. The zero-order chi connectivity index (χ0) is 15.6. The van der Waals surface area contributed by atoms with Crippen LogP contribution in [-0.4, -0.2) is 4.92 Å². The van der Waals surface area contributed by atoms with Crippen molar-refractivity contribution in [1.82, 2.24) is 0 Å². The van der Waals surface area contributed by atoms with Crippen molar-refractivity contribution in [2.45, 2.75) is 6.18 Å². The molecule has 2 aromatic rings. The van der Waals surface area contributed by atoms with Crippen LogP contribution in [-0.2, 0) is 6.18 Å². The van der Waals surface area contributed by atoms with Crippen LogP contribution in [0, 0.1) is 10.1 Å². The summed E-state index contributed by atoms with van der Waals surface area (Å²) < 4.78 is 39.4. The highest BCUT2D eigenvalue weighted by Crippen LogP contribution is 2.40. The topological polar surface area (TPSA) is 46.4 Å².